The summed E-state index contributed by atoms with van der Waals surface area (Å²) in [6, 6.07) is 1.25. The maximum Gasteiger partial charge on any atom is 0.417 e. The molecule has 2 rings (SSSR count). The van der Waals surface area contributed by atoms with E-state index in [1.807, 2.05) is 0 Å². The molecule has 0 aliphatic heterocycles. The number of amides is 1. The number of hydrogen-bond acceptors (Lipinski definition) is 2. The molecule has 1 amide bonds. The van der Waals surface area contributed by atoms with Crippen LogP contribution in [0, 0.1) is 5.92 Å². The molecule has 0 radical (unpaired) electrons. The molecule has 220 valence electrons. The fraction of sp³-hybridized carbons (Fsp3) is 0.333. The number of allylic oxidation sites excluding steroid dienone is 1. The van der Waals surface area contributed by atoms with Crippen molar-refractivity contribution in [1.29, 1.82) is 0 Å². The SMILES string of the molecule is CC(CC(=O)c1ccc(/C=C/C(c2cc(Cl)c(Cl)c(Cl)c2)C(F)(F)F)cc1Cl)C(=O)NC(C(F)(F)F)C(F)(F)F. The molecule has 0 saturated carbocycles. The third-order valence-corrected chi connectivity index (χ3v) is 6.88. The van der Waals surface area contributed by atoms with E-state index in [0.29, 0.717) is 0 Å². The van der Waals surface area contributed by atoms with Crippen molar-refractivity contribution in [2.45, 2.75) is 43.8 Å². The molecule has 0 spiro atoms. The summed E-state index contributed by atoms with van der Waals surface area (Å²) in [5, 5.41) is 0.0231. The minimum absolute atomic E-state index is 0.103. The molecule has 0 aliphatic rings. The summed E-state index contributed by atoms with van der Waals surface area (Å²) in [5.74, 6) is -6.36. The van der Waals surface area contributed by atoms with Crippen LogP contribution in [0.1, 0.15) is 40.7 Å². The summed E-state index contributed by atoms with van der Waals surface area (Å²) >= 11 is 23.5. The van der Waals surface area contributed by atoms with Crippen molar-refractivity contribution in [3.05, 3.63) is 73.2 Å². The zero-order valence-electron chi connectivity index (χ0n) is 19.7. The van der Waals surface area contributed by atoms with Gasteiger partial charge in [0, 0.05) is 17.9 Å². The van der Waals surface area contributed by atoms with Gasteiger partial charge in [-0.05, 0) is 35.4 Å². The van der Waals surface area contributed by atoms with Crippen molar-refractivity contribution in [1.82, 2.24) is 5.32 Å². The number of ketones is 1. The first-order valence-corrected chi connectivity index (χ1v) is 12.3. The fourth-order valence-corrected chi connectivity index (χ4v) is 4.25. The molecule has 0 aromatic heterocycles. The normalized spacial score (nSPS) is 14.5. The van der Waals surface area contributed by atoms with Crippen LogP contribution in [-0.2, 0) is 4.79 Å². The second-order valence-corrected chi connectivity index (χ2v) is 10.1. The number of nitrogens with one attached hydrogen (secondary N) is 1. The summed E-state index contributed by atoms with van der Waals surface area (Å²) in [6.45, 7) is 0.939. The second-order valence-electron chi connectivity index (χ2n) is 8.47. The van der Waals surface area contributed by atoms with Crippen LogP contribution in [0.25, 0.3) is 6.08 Å². The Balaban J connectivity index is 2.21. The Morgan fingerprint density at radius 1 is 0.825 bits per heavy atom. The summed E-state index contributed by atoms with van der Waals surface area (Å²) in [5.41, 5.74) is -0.470. The van der Waals surface area contributed by atoms with E-state index in [2.05, 4.69) is 0 Å². The van der Waals surface area contributed by atoms with Gasteiger partial charge in [-0.15, -0.1) is 0 Å². The minimum Gasteiger partial charge on any atom is -0.337 e. The Labute approximate surface area is 241 Å². The van der Waals surface area contributed by atoms with Gasteiger partial charge in [0.15, 0.2) is 5.78 Å². The Morgan fingerprint density at radius 2 is 1.35 bits per heavy atom. The van der Waals surface area contributed by atoms with E-state index in [1.54, 1.807) is 0 Å². The van der Waals surface area contributed by atoms with Gasteiger partial charge in [0.25, 0.3) is 0 Å². The fourth-order valence-electron chi connectivity index (χ4n) is 3.35. The predicted octanol–water partition coefficient (Wildman–Crippen LogP) is 9.48. The van der Waals surface area contributed by atoms with Crippen molar-refractivity contribution in [3.63, 3.8) is 0 Å². The van der Waals surface area contributed by atoms with Crippen LogP contribution < -0.4 is 5.32 Å². The van der Waals surface area contributed by atoms with Gasteiger partial charge in [0.2, 0.25) is 11.9 Å². The Kier molecular flexibility index (Phi) is 10.9. The lowest BCUT2D eigenvalue weighted by molar-refractivity contribution is -0.257. The van der Waals surface area contributed by atoms with E-state index in [-0.39, 0.29) is 36.8 Å². The number of halogens is 13. The van der Waals surface area contributed by atoms with Gasteiger partial charge < -0.3 is 5.32 Å². The third-order valence-electron chi connectivity index (χ3n) is 5.37. The highest BCUT2D eigenvalue weighted by Gasteiger charge is 2.57. The average Bonchev–Trinajstić information content (AvgIpc) is 2.78. The monoisotopic (exact) mass is 661 g/mol. The van der Waals surface area contributed by atoms with E-state index in [9.17, 15) is 49.1 Å². The first-order chi connectivity index (χ1) is 18.1. The molecule has 3 nitrogen and oxygen atoms in total. The first-order valence-electron chi connectivity index (χ1n) is 10.8. The largest absolute Gasteiger partial charge is 0.417 e. The topological polar surface area (TPSA) is 46.2 Å². The summed E-state index contributed by atoms with van der Waals surface area (Å²) in [4.78, 5) is 24.5. The van der Waals surface area contributed by atoms with E-state index in [4.69, 9.17) is 46.4 Å². The van der Waals surface area contributed by atoms with Crippen LogP contribution >= 0.6 is 46.4 Å². The summed E-state index contributed by atoms with van der Waals surface area (Å²) < 4.78 is 117. The van der Waals surface area contributed by atoms with Crippen molar-refractivity contribution >= 4 is 64.2 Å². The van der Waals surface area contributed by atoms with Crippen molar-refractivity contribution in [3.8, 4) is 0 Å². The molecule has 0 fully saturated rings. The maximum absolute atomic E-state index is 13.7. The number of rotatable bonds is 8. The molecule has 0 saturated heterocycles. The van der Waals surface area contributed by atoms with Crippen LogP contribution in [0.3, 0.4) is 0 Å². The van der Waals surface area contributed by atoms with Gasteiger partial charge in [-0.2, -0.15) is 39.5 Å². The molecule has 2 atom stereocenters. The molecule has 0 aliphatic carbocycles. The predicted molar refractivity (Wildman–Crippen MR) is 133 cm³/mol. The molecular formula is C24H16Cl4F9NO2. The zero-order chi connectivity index (χ0) is 30.8. The van der Waals surface area contributed by atoms with Crippen molar-refractivity contribution in [2.75, 3.05) is 0 Å². The number of alkyl halides is 9. The average molecular weight is 663 g/mol. The molecule has 16 heteroatoms. The smallest absolute Gasteiger partial charge is 0.337 e. The standard InChI is InChI=1S/C24H16Cl4F9NO2/c1-10(20(40)38-21(23(32,33)34)24(35,36)37)6-18(39)13-4-2-11(7-15(13)25)3-5-14(22(29,30)31)12-8-16(26)19(28)17(27)9-12/h2-5,7-10,14,21H,6H2,1H3,(H,38,40)/b5-3+. The number of carbonyl (C=O) groups is 2. The molecule has 2 aromatic carbocycles. The summed E-state index contributed by atoms with van der Waals surface area (Å²) in [6.07, 6.45) is -15.4. The molecule has 0 bridgehead atoms. The number of benzene rings is 2. The van der Waals surface area contributed by atoms with Crippen molar-refractivity contribution < 1.29 is 49.1 Å². The van der Waals surface area contributed by atoms with Gasteiger partial charge in [-0.3, -0.25) is 9.59 Å². The highest BCUT2D eigenvalue weighted by atomic mass is 35.5. The lowest BCUT2D eigenvalue weighted by Crippen LogP contribution is -2.55. The molecule has 2 unspecified atom stereocenters. The third kappa shape index (κ3) is 8.92. The minimum atomic E-state index is -5.82. The second kappa shape index (κ2) is 12.8. The highest BCUT2D eigenvalue weighted by molar-refractivity contribution is 6.48. The van der Waals surface area contributed by atoms with Crippen LogP contribution in [0.4, 0.5) is 39.5 Å². The number of carbonyl (C=O) groups excluding carboxylic acids is 2. The molecular weight excluding hydrogens is 647 g/mol. The highest BCUT2D eigenvalue weighted by Crippen LogP contribution is 2.41. The van der Waals surface area contributed by atoms with Crippen LogP contribution in [0.5, 0.6) is 0 Å². The van der Waals surface area contributed by atoms with Crippen LogP contribution in [0.2, 0.25) is 20.1 Å². The Bertz CT molecular complexity index is 1250. The van der Waals surface area contributed by atoms with Gasteiger partial charge >= 0.3 is 18.5 Å². The van der Waals surface area contributed by atoms with Gasteiger partial charge in [-0.25, -0.2) is 0 Å². The van der Waals surface area contributed by atoms with Crippen LogP contribution in [0.15, 0.2) is 36.4 Å². The van der Waals surface area contributed by atoms with Crippen molar-refractivity contribution in [2.24, 2.45) is 5.92 Å². The number of hydrogen-bond donors (Lipinski definition) is 1. The molecule has 0 heterocycles. The zero-order valence-corrected chi connectivity index (χ0v) is 22.7. The van der Waals surface area contributed by atoms with Gasteiger partial charge in [-0.1, -0.05) is 71.5 Å². The van der Waals surface area contributed by atoms with E-state index >= 15 is 0 Å². The molecule has 2 aromatic rings. The lowest BCUT2D eigenvalue weighted by atomic mass is 9.96. The Hall–Kier alpha value is -2.15. The van der Waals surface area contributed by atoms with Gasteiger partial charge in [0.05, 0.1) is 26.0 Å². The van der Waals surface area contributed by atoms with Crippen LogP contribution in [-0.4, -0.2) is 36.3 Å². The van der Waals surface area contributed by atoms with E-state index < -0.39 is 54.5 Å². The molecule has 1 N–H and O–H groups in total. The quantitative estimate of drug-likeness (QED) is 0.174. The van der Waals surface area contributed by atoms with E-state index in [0.717, 1.165) is 48.7 Å². The Morgan fingerprint density at radius 3 is 1.80 bits per heavy atom. The number of Topliss-reactive ketones (excluding diaryl/α,β-unsaturated/α-hetero) is 1. The first kappa shape index (κ1) is 34.1. The molecule has 40 heavy (non-hydrogen) atoms. The lowest BCUT2D eigenvalue weighted by Gasteiger charge is -2.25. The summed E-state index contributed by atoms with van der Waals surface area (Å²) in [7, 11) is 0. The van der Waals surface area contributed by atoms with E-state index in [1.165, 1.54) is 6.07 Å². The maximum atomic E-state index is 13.7. The van der Waals surface area contributed by atoms with Gasteiger partial charge in [0.1, 0.15) is 0 Å².